The number of hydrogen-bond donors (Lipinski definition) is 3. The van der Waals surface area contributed by atoms with Crippen molar-refractivity contribution in [1.29, 1.82) is 0 Å². The van der Waals surface area contributed by atoms with E-state index in [1.165, 1.54) is 36.9 Å². The molecule has 4 aliphatic rings. The van der Waals surface area contributed by atoms with E-state index in [2.05, 4.69) is 16.0 Å². The fraction of sp³-hybridized carbons (Fsp3) is 0.480. The molecule has 16 nitrogen and oxygen atoms in total. The first-order chi connectivity index (χ1) is 19.9. The summed E-state index contributed by atoms with van der Waals surface area (Å²) in [5, 5.41) is 18.5. The standard InChI is InChI=1S/C25H28N6O10S.Na/c1-4-29-7-8-30(20(36)19(29)35)23(39)28-15(12-5-6-13-14(9-12)41-11-40-13)17(33)27-16-18(34)31-21(16)42-24(2,3)25(31,22(37)38)26-10-32;/h5-6,9-10,15-16,21H,4,7-8,11H2,1-3H3,(H,26,32)(H,27,33)(H,28,39)(H,37,38);/q;+1/p-1/t15?,16-,21-,25+;/m1./s1. The van der Waals surface area contributed by atoms with Gasteiger partial charge in [-0.2, -0.15) is 0 Å². The summed E-state index contributed by atoms with van der Waals surface area (Å²) >= 11 is 1.04. The van der Waals surface area contributed by atoms with Gasteiger partial charge in [-0.15, -0.1) is 11.8 Å². The summed E-state index contributed by atoms with van der Waals surface area (Å²) in [7, 11) is 0. The van der Waals surface area contributed by atoms with Crippen LogP contribution < -0.4 is 60.1 Å². The topological polar surface area (TPSA) is 207 Å². The van der Waals surface area contributed by atoms with E-state index in [9.17, 15) is 38.7 Å². The number of amides is 7. The summed E-state index contributed by atoms with van der Waals surface area (Å²) < 4.78 is 9.44. The zero-order chi connectivity index (χ0) is 30.6. The number of benzene rings is 1. The number of likely N-dealkylation sites (N-methyl/N-ethyl adjacent to an activating group) is 1. The number of urea groups is 1. The average molecular weight is 627 g/mol. The van der Waals surface area contributed by atoms with Crippen LogP contribution in [0.1, 0.15) is 32.4 Å². The number of rotatable bonds is 8. The van der Waals surface area contributed by atoms with Gasteiger partial charge in [0, 0.05) is 19.6 Å². The largest absolute Gasteiger partial charge is 1.00 e. The zero-order valence-electron chi connectivity index (χ0n) is 23.7. The summed E-state index contributed by atoms with van der Waals surface area (Å²) in [6, 6.07) is 0.750. The summed E-state index contributed by atoms with van der Waals surface area (Å²) in [6.07, 6.45) is 0.164. The van der Waals surface area contributed by atoms with Crippen molar-refractivity contribution < 1.29 is 77.7 Å². The van der Waals surface area contributed by atoms with Crippen LogP contribution in [0.15, 0.2) is 18.2 Å². The second-order valence-electron chi connectivity index (χ2n) is 10.3. The van der Waals surface area contributed by atoms with Gasteiger partial charge < -0.3 is 40.2 Å². The molecule has 1 aromatic rings. The van der Waals surface area contributed by atoms with Crippen molar-refractivity contribution in [2.24, 2.45) is 0 Å². The van der Waals surface area contributed by atoms with Crippen LogP contribution in [0.3, 0.4) is 0 Å². The Morgan fingerprint density at radius 1 is 1.14 bits per heavy atom. The van der Waals surface area contributed by atoms with Gasteiger partial charge in [0.1, 0.15) is 17.5 Å². The number of nitrogens with one attached hydrogen (secondary N) is 3. The third kappa shape index (κ3) is 5.07. The minimum atomic E-state index is -2.17. The van der Waals surface area contributed by atoms with Crippen LogP contribution >= 0.6 is 11.8 Å². The third-order valence-electron chi connectivity index (χ3n) is 7.75. The second-order valence-corrected chi connectivity index (χ2v) is 12.0. The maximum atomic E-state index is 13.7. The van der Waals surface area contributed by atoms with Gasteiger partial charge >= 0.3 is 47.4 Å². The van der Waals surface area contributed by atoms with Crippen LogP contribution in [0, 0.1) is 0 Å². The molecule has 4 heterocycles. The van der Waals surface area contributed by atoms with E-state index in [-0.39, 0.29) is 68.0 Å². The molecule has 0 spiro atoms. The second kappa shape index (κ2) is 11.9. The van der Waals surface area contributed by atoms with E-state index < -0.39 is 63.5 Å². The molecule has 224 valence electrons. The minimum absolute atomic E-state index is 0. The van der Waals surface area contributed by atoms with Gasteiger partial charge in [-0.3, -0.25) is 33.8 Å². The van der Waals surface area contributed by atoms with Crippen LogP contribution in [-0.4, -0.2) is 105 Å². The number of carboxylic acid groups (broad SMARTS) is 1. The van der Waals surface area contributed by atoms with Crippen LogP contribution in [0.2, 0.25) is 0 Å². The molecular weight excluding hydrogens is 599 g/mol. The molecule has 1 unspecified atom stereocenters. The number of nitrogens with zero attached hydrogens (tertiary/aromatic N) is 3. The Morgan fingerprint density at radius 2 is 1.84 bits per heavy atom. The number of piperazine rings is 1. The molecule has 0 aliphatic carbocycles. The molecule has 43 heavy (non-hydrogen) atoms. The molecule has 0 radical (unpaired) electrons. The Bertz CT molecular complexity index is 1410. The van der Waals surface area contributed by atoms with Gasteiger partial charge in [0.2, 0.25) is 19.1 Å². The first-order valence-corrected chi connectivity index (χ1v) is 13.8. The summed E-state index contributed by atoms with van der Waals surface area (Å²) in [6.45, 7) is 4.97. The van der Waals surface area contributed by atoms with Crippen LogP contribution in [0.25, 0.3) is 0 Å². The maximum absolute atomic E-state index is 13.7. The number of carbonyl (C=O) groups is 7. The molecule has 18 heteroatoms. The normalized spacial score (nSPS) is 25.7. The number of imide groups is 1. The summed E-state index contributed by atoms with van der Waals surface area (Å²) in [4.78, 5) is 91.5. The Morgan fingerprint density at radius 3 is 2.49 bits per heavy atom. The molecule has 0 saturated carbocycles. The van der Waals surface area contributed by atoms with Crippen molar-refractivity contribution in [1.82, 2.24) is 30.7 Å². The Hall–Kier alpha value is -3.54. The van der Waals surface area contributed by atoms with E-state index in [1.54, 1.807) is 6.92 Å². The van der Waals surface area contributed by atoms with E-state index in [1.807, 2.05) is 0 Å². The smallest absolute Gasteiger partial charge is 0.545 e. The van der Waals surface area contributed by atoms with Crippen molar-refractivity contribution in [3.05, 3.63) is 23.8 Å². The maximum Gasteiger partial charge on any atom is 1.00 e. The molecule has 5 rings (SSSR count). The fourth-order valence-corrected chi connectivity index (χ4v) is 7.19. The predicted octanol–water partition coefficient (Wildman–Crippen LogP) is -5.77. The van der Waals surface area contributed by atoms with Gasteiger partial charge in [-0.1, -0.05) is 6.07 Å². The van der Waals surface area contributed by atoms with E-state index in [4.69, 9.17) is 9.47 Å². The van der Waals surface area contributed by atoms with Crippen molar-refractivity contribution in [2.75, 3.05) is 26.4 Å². The number of ether oxygens (including phenoxy) is 2. The van der Waals surface area contributed by atoms with Gasteiger partial charge in [-0.05, 0) is 38.5 Å². The number of aliphatic carboxylic acids is 1. The minimum Gasteiger partial charge on any atom is -0.545 e. The first kappa shape index (κ1) is 32.4. The number of β-lactam (4-membered cyclic amide) rings is 1. The molecule has 0 bridgehead atoms. The third-order valence-corrected chi connectivity index (χ3v) is 9.36. The van der Waals surface area contributed by atoms with E-state index >= 15 is 0 Å². The van der Waals surface area contributed by atoms with Crippen LogP contribution in [-0.2, 0) is 28.8 Å². The zero-order valence-corrected chi connectivity index (χ0v) is 26.5. The molecule has 7 amide bonds. The Balaban J connectivity index is 0.00000423. The molecule has 3 N–H and O–H groups in total. The van der Waals surface area contributed by atoms with E-state index in [0.29, 0.717) is 16.4 Å². The molecule has 4 atom stereocenters. The quantitative estimate of drug-likeness (QED) is 0.107. The van der Waals surface area contributed by atoms with Crippen molar-refractivity contribution in [2.45, 2.75) is 48.6 Å². The van der Waals surface area contributed by atoms with Crippen LogP contribution in [0.5, 0.6) is 11.5 Å². The summed E-state index contributed by atoms with van der Waals surface area (Å²) in [5.74, 6) is -4.57. The first-order valence-electron chi connectivity index (χ1n) is 12.9. The molecule has 1 aromatic carbocycles. The van der Waals surface area contributed by atoms with Gasteiger partial charge in [0.25, 0.3) is 5.91 Å². The number of thioether (sulfide) groups is 1. The molecule has 4 aliphatic heterocycles. The van der Waals surface area contributed by atoms with Gasteiger partial charge in [0.05, 0.1) is 10.7 Å². The Labute approximate surface area is 271 Å². The monoisotopic (exact) mass is 626 g/mol. The van der Waals surface area contributed by atoms with Crippen molar-refractivity contribution >= 4 is 53.8 Å². The van der Waals surface area contributed by atoms with Crippen molar-refractivity contribution in [3.8, 4) is 11.5 Å². The number of hydrogen-bond acceptors (Lipinski definition) is 11. The fourth-order valence-electron chi connectivity index (χ4n) is 5.48. The number of carboxylic acids is 1. The summed E-state index contributed by atoms with van der Waals surface area (Å²) in [5.41, 5.74) is -1.95. The van der Waals surface area contributed by atoms with E-state index in [0.717, 1.165) is 16.7 Å². The molecule has 3 saturated heterocycles. The Kier molecular flexibility index (Phi) is 8.93. The number of fused-ring (bicyclic) bond motifs is 2. The average Bonchev–Trinajstić information content (AvgIpc) is 3.50. The molecule has 0 aromatic heterocycles. The SMILES string of the molecule is CCN1CCN(C(=O)NC(C(=O)N[C@@H]2C(=O)N3[C@@H]2SC(C)(C)[C@]3(NC=O)C(=O)[O-])c2ccc3c(c2)OCO3)C(=O)C1=O.[Na+]. The van der Waals surface area contributed by atoms with Crippen LogP contribution in [0.4, 0.5) is 4.79 Å². The van der Waals surface area contributed by atoms with Crippen molar-refractivity contribution in [3.63, 3.8) is 0 Å². The van der Waals surface area contributed by atoms with Gasteiger partial charge in [0.15, 0.2) is 17.2 Å². The van der Waals surface area contributed by atoms with Gasteiger partial charge in [-0.25, -0.2) is 4.79 Å². The number of carbonyl (C=O) groups excluding carboxylic acids is 7. The molecule has 3 fully saturated rings. The predicted molar refractivity (Wildman–Crippen MR) is 139 cm³/mol. The molecular formula is C25H27N6NaO10S.